The Morgan fingerprint density at radius 1 is 1.50 bits per heavy atom. The predicted molar refractivity (Wildman–Crippen MR) is 51.3 cm³/mol. The zero-order chi connectivity index (χ0) is 9.38. The van der Waals surface area contributed by atoms with Crippen LogP contribution < -0.4 is 4.74 Å². The van der Waals surface area contributed by atoms with Crippen LogP contribution >= 0.6 is 0 Å². The number of epoxide rings is 1. The van der Waals surface area contributed by atoms with E-state index in [1.54, 1.807) is 0 Å². The van der Waals surface area contributed by atoms with Gasteiger partial charge in [-0.05, 0) is 12.1 Å². The predicted octanol–water partition coefficient (Wildman–Crippen LogP) is 1.34. The second-order valence-electron chi connectivity index (χ2n) is 3.34. The highest BCUT2D eigenvalue weighted by Crippen LogP contribution is 2.22. The van der Waals surface area contributed by atoms with Crippen LogP contribution in [0.5, 0.6) is 5.88 Å². The molecule has 1 fully saturated rings. The van der Waals surface area contributed by atoms with Gasteiger partial charge in [0.15, 0.2) is 0 Å². The summed E-state index contributed by atoms with van der Waals surface area (Å²) in [6, 6.07) is 7.90. The van der Waals surface area contributed by atoms with Crippen LogP contribution in [0.4, 0.5) is 0 Å². The summed E-state index contributed by atoms with van der Waals surface area (Å²) in [5.74, 6) is 0.663. The summed E-state index contributed by atoms with van der Waals surface area (Å²) in [6.07, 6.45) is 0.269. The average molecular weight is 190 g/mol. The Morgan fingerprint density at radius 2 is 2.36 bits per heavy atom. The second-order valence-corrected chi connectivity index (χ2v) is 3.34. The normalized spacial score (nSPS) is 19.9. The maximum atomic E-state index is 5.52. The molecule has 0 amide bonds. The van der Waals surface area contributed by atoms with E-state index in [1.165, 1.54) is 0 Å². The van der Waals surface area contributed by atoms with Gasteiger partial charge in [0.2, 0.25) is 5.88 Å². The number of nitrogens with zero attached hydrogens (tertiary/aromatic N) is 1. The van der Waals surface area contributed by atoms with Gasteiger partial charge in [0.25, 0.3) is 0 Å². The molecule has 0 saturated carbocycles. The molecule has 1 unspecified atom stereocenters. The Kier molecular flexibility index (Phi) is 1.67. The Labute approximate surface area is 80.8 Å². The highest BCUT2D eigenvalue weighted by atomic mass is 16.6. The van der Waals surface area contributed by atoms with Gasteiger partial charge >= 0.3 is 0 Å². The first kappa shape index (κ1) is 7.82. The van der Waals surface area contributed by atoms with Gasteiger partial charge in [-0.1, -0.05) is 12.1 Å². The average Bonchev–Trinajstić information content (AvgIpc) is 2.96. The number of ether oxygens (including phenoxy) is 2. The molecule has 1 aliphatic rings. The van der Waals surface area contributed by atoms with E-state index in [0.717, 1.165) is 17.5 Å². The molecule has 1 aliphatic heterocycles. The molecule has 1 N–H and O–H groups in total. The third-order valence-corrected chi connectivity index (χ3v) is 2.24. The molecule has 3 rings (SSSR count). The smallest absolute Gasteiger partial charge is 0.240 e. The Balaban J connectivity index is 1.87. The monoisotopic (exact) mass is 190 g/mol. The molecule has 1 saturated heterocycles. The Morgan fingerprint density at radius 3 is 3.21 bits per heavy atom. The van der Waals surface area contributed by atoms with Crippen LogP contribution in [0.15, 0.2) is 24.3 Å². The number of aromatic amines is 1. The van der Waals surface area contributed by atoms with E-state index in [0.29, 0.717) is 12.5 Å². The second kappa shape index (κ2) is 2.99. The summed E-state index contributed by atoms with van der Waals surface area (Å²) in [5.41, 5.74) is 0.999. The third-order valence-electron chi connectivity index (χ3n) is 2.24. The van der Waals surface area contributed by atoms with Crippen molar-refractivity contribution >= 4 is 10.9 Å². The standard InChI is InChI=1S/C10H10N2O2/c1-2-4-9-8(3-1)10(12-11-9)14-6-7-5-13-7/h1-4,7H,5-6H2,(H,11,12). The summed E-state index contributed by atoms with van der Waals surface area (Å²) < 4.78 is 10.6. The molecule has 2 heterocycles. The van der Waals surface area contributed by atoms with Gasteiger partial charge in [-0.15, -0.1) is 5.10 Å². The molecule has 0 spiro atoms. The molecule has 4 nitrogen and oxygen atoms in total. The van der Waals surface area contributed by atoms with Crippen molar-refractivity contribution in [2.24, 2.45) is 0 Å². The van der Waals surface area contributed by atoms with E-state index in [1.807, 2.05) is 24.3 Å². The molecule has 0 aliphatic carbocycles. The lowest BCUT2D eigenvalue weighted by molar-refractivity contribution is 0.257. The van der Waals surface area contributed by atoms with E-state index in [2.05, 4.69) is 10.2 Å². The van der Waals surface area contributed by atoms with Gasteiger partial charge in [0.1, 0.15) is 12.7 Å². The number of hydrogen-bond acceptors (Lipinski definition) is 3. The number of nitrogens with one attached hydrogen (secondary N) is 1. The Bertz CT molecular complexity index is 448. The maximum absolute atomic E-state index is 5.52. The summed E-state index contributed by atoms with van der Waals surface area (Å²) in [7, 11) is 0. The lowest BCUT2D eigenvalue weighted by Gasteiger charge is -1.98. The topological polar surface area (TPSA) is 50.4 Å². The van der Waals surface area contributed by atoms with E-state index in [-0.39, 0.29) is 6.10 Å². The van der Waals surface area contributed by atoms with E-state index in [9.17, 15) is 0 Å². The van der Waals surface area contributed by atoms with E-state index >= 15 is 0 Å². The van der Waals surface area contributed by atoms with Crippen LogP contribution in [0, 0.1) is 0 Å². The van der Waals surface area contributed by atoms with Crippen LogP contribution in [0.1, 0.15) is 0 Å². The van der Waals surface area contributed by atoms with Crippen molar-refractivity contribution in [2.75, 3.05) is 13.2 Å². The SMILES string of the molecule is c1ccc2c(OCC3CO3)n[nH]c2c1. The first-order valence-electron chi connectivity index (χ1n) is 4.61. The molecular formula is C10H10N2O2. The van der Waals surface area contributed by atoms with Gasteiger partial charge in [0.05, 0.1) is 17.5 Å². The highest BCUT2D eigenvalue weighted by Gasteiger charge is 2.23. The quantitative estimate of drug-likeness (QED) is 0.743. The number of hydrogen-bond donors (Lipinski definition) is 1. The fourth-order valence-electron chi connectivity index (χ4n) is 1.38. The molecule has 1 aromatic carbocycles. The number of para-hydroxylation sites is 1. The molecule has 14 heavy (non-hydrogen) atoms. The fraction of sp³-hybridized carbons (Fsp3) is 0.300. The number of rotatable bonds is 3. The number of aromatic nitrogens is 2. The minimum Gasteiger partial charge on any atom is -0.473 e. The van der Waals surface area contributed by atoms with Gasteiger partial charge in [-0.3, -0.25) is 5.10 Å². The minimum absolute atomic E-state index is 0.269. The van der Waals surface area contributed by atoms with E-state index in [4.69, 9.17) is 9.47 Å². The molecule has 72 valence electrons. The number of fused-ring (bicyclic) bond motifs is 1. The largest absolute Gasteiger partial charge is 0.473 e. The lowest BCUT2D eigenvalue weighted by atomic mass is 10.2. The molecule has 1 atom stereocenters. The van der Waals surface area contributed by atoms with E-state index < -0.39 is 0 Å². The van der Waals surface area contributed by atoms with Crippen LogP contribution in [0.25, 0.3) is 10.9 Å². The zero-order valence-corrected chi connectivity index (χ0v) is 7.56. The highest BCUT2D eigenvalue weighted by molar-refractivity contribution is 5.83. The summed E-state index contributed by atoms with van der Waals surface area (Å²) in [4.78, 5) is 0. The van der Waals surface area contributed by atoms with Crippen molar-refractivity contribution in [2.45, 2.75) is 6.10 Å². The van der Waals surface area contributed by atoms with Crippen molar-refractivity contribution in [3.8, 4) is 5.88 Å². The summed E-state index contributed by atoms with van der Waals surface area (Å²) in [6.45, 7) is 1.40. The van der Waals surface area contributed by atoms with Crippen LogP contribution in [0.3, 0.4) is 0 Å². The maximum Gasteiger partial charge on any atom is 0.240 e. The summed E-state index contributed by atoms with van der Waals surface area (Å²) >= 11 is 0. The van der Waals surface area contributed by atoms with Crippen molar-refractivity contribution in [1.29, 1.82) is 0 Å². The molecule has 2 aromatic rings. The molecule has 4 heteroatoms. The van der Waals surface area contributed by atoms with Crippen LogP contribution in [-0.2, 0) is 4.74 Å². The Hall–Kier alpha value is -1.55. The molecular weight excluding hydrogens is 180 g/mol. The van der Waals surface area contributed by atoms with Gasteiger partial charge in [-0.25, -0.2) is 0 Å². The first-order valence-corrected chi connectivity index (χ1v) is 4.61. The van der Waals surface area contributed by atoms with Gasteiger partial charge < -0.3 is 9.47 Å². The van der Waals surface area contributed by atoms with Crippen molar-refractivity contribution in [1.82, 2.24) is 10.2 Å². The van der Waals surface area contributed by atoms with Crippen LogP contribution in [0.2, 0.25) is 0 Å². The zero-order valence-electron chi connectivity index (χ0n) is 7.56. The van der Waals surface area contributed by atoms with Gasteiger partial charge in [0, 0.05) is 0 Å². The third kappa shape index (κ3) is 1.33. The summed E-state index contributed by atoms with van der Waals surface area (Å²) in [5, 5.41) is 8.03. The van der Waals surface area contributed by atoms with Crippen molar-refractivity contribution < 1.29 is 9.47 Å². The molecule has 1 aromatic heterocycles. The van der Waals surface area contributed by atoms with Crippen molar-refractivity contribution in [3.63, 3.8) is 0 Å². The van der Waals surface area contributed by atoms with Crippen LogP contribution in [-0.4, -0.2) is 29.5 Å². The van der Waals surface area contributed by atoms with Crippen molar-refractivity contribution in [3.05, 3.63) is 24.3 Å². The first-order chi connectivity index (χ1) is 6.93. The lowest BCUT2D eigenvalue weighted by Crippen LogP contribution is -2.04. The number of H-pyrrole nitrogens is 1. The fourth-order valence-corrected chi connectivity index (χ4v) is 1.38. The molecule has 0 bridgehead atoms. The van der Waals surface area contributed by atoms with Gasteiger partial charge in [-0.2, -0.15) is 0 Å². The number of benzene rings is 1. The minimum atomic E-state index is 0.269. The molecule has 0 radical (unpaired) electrons.